The number of nitrogens with zero attached hydrogens (tertiary/aromatic N) is 3. The molecule has 0 radical (unpaired) electrons. The first-order valence-corrected chi connectivity index (χ1v) is 4.97. The topological polar surface area (TPSA) is 126 Å². The number of aromatic nitrogens is 1. The summed E-state index contributed by atoms with van der Waals surface area (Å²) in [5.74, 6) is 0.199. The number of rotatable bonds is 6. The number of hydrogen-bond acceptors (Lipinski definition) is 7. The van der Waals surface area contributed by atoms with E-state index in [2.05, 4.69) is 4.98 Å². The van der Waals surface area contributed by atoms with E-state index < -0.39 is 4.92 Å². The monoisotopic (exact) mass is 242 g/mol. The summed E-state index contributed by atoms with van der Waals surface area (Å²) in [6.45, 7) is 0.312. The molecule has 0 aliphatic carbocycles. The molecule has 0 aromatic carbocycles. The van der Waals surface area contributed by atoms with Gasteiger partial charge in [0.15, 0.2) is 0 Å². The predicted octanol–water partition coefficient (Wildman–Crippen LogP) is -0.637. The molecule has 0 aliphatic heterocycles. The molecule has 8 nitrogen and oxygen atoms in total. The normalized spacial score (nSPS) is 10.2. The van der Waals surface area contributed by atoms with Crippen molar-refractivity contribution in [1.29, 1.82) is 0 Å². The molecule has 4 N–H and O–H groups in total. The van der Waals surface area contributed by atoms with Crippen LogP contribution < -0.4 is 10.6 Å². The van der Waals surface area contributed by atoms with Crippen LogP contribution in [0.1, 0.15) is 0 Å². The van der Waals surface area contributed by atoms with E-state index in [0.717, 1.165) is 0 Å². The Balaban J connectivity index is 2.97. The maximum absolute atomic E-state index is 10.5. The Kier molecular flexibility index (Phi) is 4.61. The first-order chi connectivity index (χ1) is 8.10. The van der Waals surface area contributed by atoms with Gasteiger partial charge >= 0.3 is 5.69 Å². The summed E-state index contributed by atoms with van der Waals surface area (Å²) in [6, 6.07) is 2.68. The van der Waals surface area contributed by atoms with Crippen LogP contribution in [0, 0.1) is 10.1 Å². The van der Waals surface area contributed by atoms with Crippen LogP contribution in [0.3, 0.4) is 0 Å². The second kappa shape index (κ2) is 5.97. The minimum absolute atomic E-state index is 0.113. The van der Waals surface area contributed by atoms with Crippen molar-refractivity contribution in [2.45, 2.75) is 0 Å². The van der Waals surface area contributed by atoms with Gasteiger partial charge in [0.05, 0.1) is 18.1 Å². The predicted molar refractivity (Wildman–Crippen MR) is 61.7 cm³/mol. The number of nitrogen functional groups attached to an aromatic ring is 1. The van der Waals surface area contributed by atoms with E-state index in [0.29, 0.717) is 5.82 Å². The lowest BCUT2D eigenvalue weighted by atomic mass is 10.3. The van der Waals surface area contributed by atoms with Gasteiger partial charge in [0.2, 0.25) is 5.82 Å². The van der Waals surface area contributed by atoms with Crippen LogP contribution >= 0.6 is 0 Å². The first kappa shape index (κ1) is 13.1. The van der Waals surface area contributed by atoms with Gasteiger partial charge in [-0.05, 0) is 6.07 Å². The van der Waals surface area contributed by atoms with Crippen LogP contribution in [-0.4, -0.2) is 46.4 Å². The lowest BCUT2D eigenvalue weighted by Crippen LogP contribution is -2.30. The zero-order chi connectivity index (χ0) is 12.8. The highest BCUT2D eigenvalue weighted by atomic mass is 16.6. The molecule has 1 heterocycles. The second-order valence-corrected chi connectivity index (χ2v) is 3.27. The van der Waals surface area contributed by atoms with Crippen LogP contribution in [0.15, 0.2) is 12.1 Å². The molecule has 8 heteroatoms. The zero-order valence-corrected chi connectivity index (χ0v) is 9.11. The molecule has 1 rings (SSSR count). The Morgan fingerprint density at radius 3 is 2.35 bits per heavy atom. The van der Waals surface area contributed by atoms with Crippen molar-refractivity contribution < 1.29 is 15.1 Å². The Morgan fingerprint density at radius 1 is 1.35 bits per heavy atom. The van der Waals surface area contributed by atoms with Crippen LogP contribution in [0.25, 0.3) is 0 Å². The van der Waals surface area contributed by atoms with E-state index >= 15 is 0 Å². The fraction of sp³-hybridized carbons (Fsp3) is 0.444. The Bertz CT molecular complexity index is 393. The van der Waals surface area contributed by atoms with Gasteiger partial charge in [-0.25, -0.2) is 4.98 Å². The van der Waals surface area contributed by atoms with Gasteiger partial charge in [-0.15, -0.1) is 0 Å². The molecule has 0 amide bonds. The summed E-state index contributed by atoms with van der Waals surface area (Å²) in [5, 5.41) is 28.2. The van der Waals surface area contributed by atoms with Crippen molar-refractivity contribution >= 4 is 17.3 Å². The standard InChI is InChI=1S/C9H14N4O4/c10-9-7(13(16)17)1-2-8(11-9)12(3-5-14)4-6-15/h1-2,14-15H,3-6H2,(H2,10,11). The lowest BCUT2D eigenvalue weighted by Gasteiger charge is -2.21. The number of aliphatic hydroxyl groups excluding tert-OH is 2. The summed E-state index contributed by atoms with van der Waals surface area (Å²) in [6.07, 6.45) is 0. The molecule has 0 unspecified atom stereocenters. The fourth-order valence-electron chi connectivity index (χ4n) is 1.37. The maximum atomic E-state index is 10.5. The van der Waals surface area contributed by atoms with Gasteiger partial charge in [0.1, 0.15) is 5.82 Å². The summed E-state index contributed by atoms with van der Waals surface area (Å²) < 4.78 is 0. The quantitative estimate of drug-likeness (QED) is 0.447. The van der Waals surface area contributed by atoms with Gasteiger partial charge in [0, 0.05) is 19.2 Å². The van der Waals surface area contributed by atoms with E-state index in [9.17, 15) is 10.1 Å². The lowest BCUT2D eigenvalue weighted by molar-refractivity contribution is -0.384. The fourth-order valence-corrected chi connectivity index (χ4v) is 1.37. The highest BCUT2D eigenvalue weighted by molar-refractivity contribution is 5.57. The highest BCUT2D eigenvalue weighted by Crippen LogP contribution is 2.22. The second-order valence-electron chi connectivity index (χ2n) is 3.27. The largest absolute Gasteiger partial charge is 0.395 e. The van der Waals surface area contributed by atoms with Gasteiger partial charge in [-0.3, -0.25) is 10.1 Å². The molecule has 0 bridgehead atoms. The van der Waals surface area contributed by atoms with E-state index in [1.165, 1.54) is 12.1 Å². The van der Waals surface area contributed by atoms with Gasteiger partial charge in [-0.1, -0.05) is 0 Å². The average Bonchev–Trinajstić information content (AvgIpc) is 2.28. The van der Waals surface area contributed by atoms with Gasteiger partial charge < -0.3 is 20.8 Å². The SMILES string of the molecule is Nc1nc(N(CCO)CCO)ccc1[N+](=O)[O-]. The van der Waals surface area contributed by atoms with Crippen LogP contribution in [0.2, 0.25) is 0 Å². The summed E-state index contributed by atoms with van der Waals surface area (Å²) in [4.78, 5) is 15.4. The van der Waals surface area contributed by atoms with Crippen molar-refractivity contribution in [2.75, 3.05) is 36.9 Å². The van der Waals surface area contributed by atoms with Crippen molar-refractivity contribution in [1.82, 2.24) is 4.98 Å². The number of nitro groups is 1. The van der Waals surface area contributed by atoms with E-state index in [-0.39, 0.29) is 37.8 Å². The molecule has 17 heavy (non-hydrogen) atoms. The molecule has 1 aromatic heterocycles. The first-order valence-electron chi connectivity index (χ1n) is 4.97. The molecule has 1 aromatic rings. The van der Waals surface area contributed by atoms with Gasteiger partial charge in [-0.2, -0.15) is 0 Å². The van der Waals surface area contributed by atoms with Crippen LogP contribution in [0.4, 0.5) is 17.3 Å². The van der Waals surface area contributed by atoms with Crippen molar-refractivity contribution in [3.05, 3.63) is 22.2 Å². The Labute approximate surface area is 97.5 Å². The number of nitrogens with two attached hydrogens (primary N) is 1. The Hall–Kier alpha value is -1.93. The molecule has 0 saturated carbocycles. The van der Waals surface area contributed by atoms with E-state index in [1.54, 1.807) is 4.90 Å². The zero-order valence-electron chi connectivity index (χ0n) is 9.11. The number of hydrogen-bond donors (Lipinski definition) is 3. The molecular weight excluding hydrogens is 228 g/mol. The minimum Gasteiger partial charge on any atom is -0.395 e. The Morgan fingerprint density at radius 2 is 1.94 bits per heavy atom. The number of anilines is 2. The van der Waals surface area contributed by atoms with Crippen LogP contribution in [0.5, 0.6) is 0 Å². The maximum Gasteiger partial charge on any atom is 0.311 e. The minimum atomic E-state index is -0.617. The molecule has 0 saturated heterocycles. The summed E-state index contributed by atoms with van der Waals surface area (Å²) in [5.41, 5.74) is 5.19. The molecule has 0 aliphatic rings. The third kappa shape index (κ3) is 3.26. The third-order valence-corrected chi connectivity index (χ3v) is 2.15. The molecule has 0 spiro atoms. The van der Waals surface area contributed by atoms with E-state index in [4.69, 9.17) is 15.9 Å². The smallest absolute Gasteiger partial charge is 0.311 e. The highest BCUT2D eigenvalue weighted by Gasteiger charge is 2.15. The van der Waals surface area contributed by atoms with Crippen molar-refractivity contribution in [2.24, 2.45) is 0 Å². The molecular formula is C9H14N4O4. The van der Waals surface area contributed by atoms with Gasteiger partial charge in [0.25, 0.3) is 0 Å². The summed E-state index contributed by atoms with van der Waals surface area (Å²) in [7, 11) is 0. The van der Waals surface area contributed by atoms with Crippen molar-refractivity contribution in [3.63, 3.8) is 0 Å². The number of aliphatic hydroxyl groups is 2. The van der Waals surface area contributed by atoms with E-state index in [1.807, 2.05) is 0 Å². The molecule has 94 valence electrons. The van der Waals surface area contributed by atoms with Crippen molar-refractivity contribution in [3.8, 4) is 0 Å². The number of pyridine rings is 1. The summed E-state index contributed by atoms with van der Waals surface area (Å²) >= 11 is 0. The molecule has 0 atom stereocenters. The third-order valence-electron chi connectivity index (χ3n) is 2.15. The average molecular weight is 242 g/mol. The van der Waals surface area contributed by atoms with Crippen LogP contribution in [-0.2, 0) is 0 Å². The molecule has 0 fully saturated rings.